The van der Waals surface area contributed by atoms with Crippen molar-refractivity contribution in [3.05, 3.63) is 41.9 Å². The lowest BCUT2D eigenvalue weighted by molar-refractivity contribution is 0.921. The molecule has 0 saturated carbocycles. The number of rotatable bonds is 1. The number of hydrogen-bond acceptors (Lipinski definition) is 1. The summed E-state index contributed by atoms with van der Waals surface area (Å²) in [5.74, 6) is 0. The third-order valence-corrected chi connectivity index (χ3v) is 2.45. The van der Waals surface area contributed by atoms with Crippen molar-refractivity contribution >= 4 is 0 Å². The molecule has 14 heavy (non-hydrogen) atoms. The molecule has 0 aliphatic heterocycles. The number of nitrogens with zero attached hydrogens (tertiary/aromatic N) is 2. The van der Waals surface area contributed by atoms with Crippen molar-refractivity contribution in [2.45, 2.75) is 13.8 Å². The van der Waals surface area contributed by atoms with Crippen LogP contribution in [0.15, 0.2) is 30.6 Å². The van der Waals surface area contributed by atoms with Crippen LogP contribution in [0.5, 0.6) is 0 Å². The molecule has 2 rings (SSSR count). The lowest BCUT2D eigenvalue weighted by atomic mass is 10.1. The highest BCUT2D eigenvalue weighted by molar-refractivity contribution is 5.62. The van der Waals surface area contributed by atoms with Crippen LogP contribution < -0.4 is 0 Å². The molecule has 1 heterocycles. The second-order valence-corrected chi connectivity index (χ2v) is 3.66. The molecule has 0 amide bonds. The zero-order chi connectivity index (χ0) is 10.1. The van der Waals surface area contributed by atoms with E-state index < -0.39 is 0 Å². The molecule has 0 unspecified atom stereocenters. The normalized spacial score (nSPS) is 10.5. The SMILES string of the molecule is Cc1ccc(-c2c(C)ncn2C)cc1. The number of benzene rings is 1. The average Bonchev–Trinajstić information content (AvgIpc) is 2.49. The van der Waals surface area contributed by atoms with Crippen molar-refractivity contribution in [2.75, 3.05) is 0 Å². The van der Waals surface area contributed by atoms with E-state index in [0.29, 0.717) is 0 Å². The largest absolute Gasteiger partial charge is 0.334 e. The first kappa shape index (κ1) is 9.00. The van der Waals surface area contributed by atoms with Crippen LogP contribution in [0.3, 0.4) is 0 Å². The van der Waals surface area contributed by atoms with Gasteiger partial charge in [0.25, 0.3) is 0 Å². The number of imidazole rings is 1. The molecular formula is C12H14N2. The molecule has 72 valence electrons. The van der Waals surface area contributed by atoms with E-state index in [1.165, 1.54) is 16.8 Å². The maximum Gasteiger partial charge on any atom is 0.0951 e. The summed E-state index contributed by atoms with van der Waals surface area (Å²) in [6, 6.07) is 8.53. The van der Waals surface area contributed by atoms with Gasteiger partial charge in [-0.1, -0.05) is 29.8 Å². The summed E-state index contributed by atoms with van der Waals surface area (Å²) >= 11 is 0. The summed E-state index contributed by atoms with van der Waals surface area (Å²) in [5, 5.41) is 0. The van der Waals surface area contributed by atoms with Crippen LogP contribution in [0.25, 0.3) is 11.3 Å². The van der Waals surface area contributed by atoms with Gasteiger partial charge >= 0.3 is 0 Å². The van der Waals surface area contributed by atoms with Gasteiger partial charge in [-0.2, -0.15) is 0 Å². The quantitative estimate of drug-likeness (QED) is 0.669. The Morgan fingerprint density at radius 2 is 1.71 bits per heavy atom. The van der Waals surface area contributed by atoms with Crippen LogP contribution in [-0.2, 0) is 7.05 Å². The fourth-order valence-electron chi connectivity index (χ4n) is 1.67. The van der Waals surface area contributed by atoms with Gasteiger partial charge in [-0.15, -0.1) is 0 Å². The van der Waals surface area contributed by atoms with Gasteiger partial charge in [0, 0.05) is 12.6 Å². The fourth-order valence-corrected chi connectivity index (χ4v) is 1.67. The van der Waals surface area contributed by atoms with Crippen molar-refractivity contribution in [2.24, 2.45) is 7.05 Å². The van der Waals surface area contributed by atoms with E-state index in [2.05, 4.69) is 40.7 Å². The summed E-state index contributed by atoms with van der Waals surface area (Å²) in [6.07, 6.45) is 1.85. The van der Waals surface area contributed by atoms with Gasteiger partial charge in [-0.05, 0) is 13.8 Å². The molecule has 2 heteroatoms. The van der Waals surface area contributed by atoms with Gasteiger partial charge in [0.15, 0.2) is 0 Å². The minimum absolute atomic E-state index is 1.08. The molecular weight excluding hydrogens is 172 g/mol. The Bertz CT molecular complexity index is 418. The maximum atomic E-state index is 4.28. The molecule has 1 aromatic carbocycles. The first-order valence-electron chi connectivity index (χ1n) is 4.73. The average molecular weight is 186 g/mol. The van der Waals surface area contributed by atoms with Gasteiger partial charge in [0.05, 0.1) is 17.7 Å². The predicted molar refractivity (Wildman–Crippen MR) is 58.1 cm³/mol. The minimum Gasteiger partial charge on any atom is -0.334 e. The Labute approximate surface area is 84.2 Å². The second-order valence-electron chi connectivity index (χ2n) is 3.66. The Balaban J connectivity index is 2.54. The summed E-state index contributed by atoms with van der Waals surface area (Å²) in [6.45, 7) is 4.13. The topological polar surface area (TPSA) is 17.8 Å². The van der Waals surface area contributed by atoms with E-state index in [1.807, 2.05) is 20.3 Å². The lowest BCUT2D eigenvalue weighted by Gasteiger charge is -2.04. The molecule has 0 bridgehead atoms. The van der Waals surface area contributed by atoms with E-state index in [9.17, 15) is 0 Å². The van der Waals surface area contributed by atoms with Gasteiger partial charge < -0.3 is 4.57 Å². The van der Waals surface area contributed by atoms with E-state index in [-0.39, 0.29) is 0 Å². The maximum absolute atomic E-state index is 4.28. The van der Waals surface area contributed by atoms with Crippen LogP contribution in [0.1, 0.15) is 11.3 Å². The van der Waals surface area contributed by atoms with Crippen molar-refractivity contribution in [3.63, 3.8) is 0 Å². The molecule has 0 aliphatic rings. The van der Waals surface area contributed by atoms with Crippen molar-refractivity contribution in [1.29, 1.82) is 0 Å². The third kappa shape index (κ3) is 1.43. The van der Waals surface area contributed by atoms with Crippen LogP contribution in [0.4, 0.5) is 0 Å². The molecule has 0 radical (unpaired) electrons. The predicted octanol–water partition coefficient (Wildman–Crippen LogP) is 2.70. The highest BCUT2D eigenvalue weighted by atomic mass is 15.0. The number of hydrogen-bond donors (Lipinski definition) is 0. The number of aromatic nitrogens is 2. The van der Waals surface area contributed by atoms with E-state index in [0.717, 1.165) is 5.69 Å². The first-order chi connectivity index (χ1) is 6.68. The molecule has 2 nitrogen and oxygen atoms in total. The Hall–Kier alpha value is -1.57. The van der Waals surface area contributed by atoms with Gasteiger partial charge in [0.2, 0.25) is 0 Å². The van der Waals surface area contributed by atoms with E-state index in [4.69, 9.17) is 0 Å². The highest BCUT2D eigenvalue weighted by Crippen LogP contribution is 2.21. The second kappa shape index (κ2) is 3.29. The molecule has 0 saturated heterocycles. The Kier molecular flexibility index (Phi) is 2.12. The van der Waals surface area contributed by atoms with Crippen molar-refractivity contribution in [1.82, 2.24) is 9.55 Å². The summed E-state index contributed by atoms with van der Waals surface area (Å²) in [4.78, 5) is 4.28. The summed E-state index contributed by atoms with van der Waals surface area (Å²) in [5.41, 5.74) is 4.79. The van der Waals surface area contributed by atoms with Gasteiger partial charge in [-0.25, -0.2) is 4.98 Å². The molecule has 0 atom stereocenters. The third-order valence-electron chi connectivity index (χ3n) is 2.45. The van der Waals surface area contributed by atoms with Crippen molar-refractivity contribution in [3.8, 4) is 11.3 Å². The highest BCUT2D eigenvalue weighted by Gasteiger charge is 2.06. The van der Waals surface area contributed by atoms with E-state index in [1.54, 1.807) is 0 Å². The molecule has 0 N–H and O–H groups in total. The van der Waals surface area contributed by atoms with Crippen LogP contribution in [-0.4, -0.2) is 9.55 Å². The monoisotopic (exact) mass is 186 g/mol. The molecule has 0 spiro atoms. The smallest absolute Gasteiger partial charge is 0.0951 e. The Morgan fingerprint density at radius 1 is 1.07 bits per heavy atom. The van der Waals surface area contributed by atoms with Crippen LogP contribution >= 0.6 is 0 Å². The minimum atomic E-state index is 1.08. The van der Waals surface area contributed by atoms with Gasteiger partial charge in [0.1, 0.15) is 0 Å². The van der Waals surface area contributed by atoms with Crippen LogP contribution in [0.2, 0.25) is 0 Å². The molecule has 2 aromatic rings. The lowest BCUT2D eigenvalue weighted by Crippen LogP contribution is -1.90. The number of aryl methyl sites for hydroxylation is 3. The summed E-state index contributed by atoms with van der Waals surface area (Å²) < 4.78 is 2.06. The molecule has 1 aromatic heterocycles. The molecule has 0 aliphatic carbocycles. The summed E-state index contributed by atoms with van der Waals surface area (Å²) in [7, 11) is 2.02. The molecule has 0 fully saturated rings. The zero-order valence-electron chi connectivity index (χ0n) is 8.78. The standard InChI is InChI=1S/C12H14N2/c1-9-4-6-11(7-5-9)12-10(2)13-8-14(12)3/h4-8H,1-3H3. The van der Waals surface area contributed by atoms with E-state index >= 15 is 0 Å². The Morgan fingerprint density at radius 3 is 2.21 bits per heavy atom. The fraction of sp³-hybridized carbons (Fsp3) is 0.250. The van der Waals surface area contributed by atoms with Crippen molar-refractivity contribution < 1.29 is 0 Å². The first-order valence-corrected chi connectivity index (χ1v) is 4.73. The van der Waals surface area contributed by atoms with Gasteiger partial charge in [-0.3, -0.25) is 0 Å². The zero-order valence-corrected chi connectivity index (χ0v) is 8.78. The van der Waals surface area contributed by atoms with Crippen LogP contribution in [0, 0.1) is 13.8 Å².